The normalized spacial score (nSPS) is 13.4. The zero-order valence-corrected chi connectivity index (χ0v) is 36.1. The zero-order chi connectivity index (χ0) is 40.7. The monoisotopic (exact) mass is 775 g/mol. The van der Waals surface area contributed by atoms with Crippen molar-refractivity contribution in [2.75, 3.05) is 41.0 Å². The van der Waals surface area contributed by atoms with Crippen molar-refractivity contribution in [1.29, 1.82) is 0 Å². The topological polar surface area (TPSA) is 99.1 Å². The molecule has 0 aliphatic rings. The quantitative estimate of drug-likeness (QED) is 0.0287. The molecular formula is C47H84NO7+. The number of unbranched alkanes of at least 4 members (excludes halogenated alkanes) is 19. The maximum absolute atomic E-state index is 12.7. The third-order valence-electron chi connectivity index (χ3n) is 9.76. The fourth-order valence-corrected chi connectivity index (χ4v) is 6.24. The van der Waals surface area contributed by atoms with Crippen LogP contribution in [0, 0.1) is 0 Å². The van der Waals surface area contributed by atoms with E-state index in [0.29, 0.717) is 19.3 Å². The largest absolute Gasteiger partial charge is 0.477 e. The Kier molecular flexibility index (Phi) is 36.3. The summed E-state index contributed by atoms with van der Waals surface area (Å²) in [6.45, 7) is 4.63. The number of carboxylic acid groups (broad SMARTS) is 1. The number of aliphatic carboxylic acids is 1. The van der Waals surface area contributed by atoms with E-state index < -0.39 is 18.1 Å². The van der Waals surface area contributed by atoms with Gasteiger partial charge in [0, 0.05) is 19.3 Å². The lowest BCUT2D eigenvalue weighted by Crippen LogP contribution is -2.50. The molecule has 0 bridgehead atoms. The second-order valence-electron chi connectivity index (χ2n) is 16.0. The average Bonchev–Trinajstić information content (AvgIpc) is 3.14. The summed E-state index contributed by atoms with van der Waals surface area (Å²) in [5.41, 5.74) is 0. The van der Waals surface area contributed by atoms with Gasteiger partial charge in [-0.3, -0.25) is 9.59 Å². The van der Waals surface area contributed by atoms with Crippen LogP contribution in [0.1, 0.15) is 181 Å². The van der Waals surface area contributed by atoms with Gasteiger partial charge in [0.2, 0.25) is 0 Å². The first-order chi connectivity index (χ1) is 26.6. The Morgan fingerprint density at radius 2 is 0.964 bits per heavy atom. The lowest BCUT2D eigenvalue weighted by molar-refractivity contribution is -0.887. The molecule has 0 spiro atoms. The number of hydrogen-bond donors (Lipinski definition) is 1. The Hall–Kier alpha value is -2.71. The molecule has 0 aromatic rings. The van der Waals surface area contributed by atoms with Gasteiger partial charge in [0.05, 0.1) is 34.4 Å². The molecule has 8 nitrogen and oxygen atoms in total. The number of carbonyl (C=O) groups excluding carboxylic acids is 2. The van der Waals surface area contributed by atoms with E-state index in [-0.39, 0.29) is 36.2 Å². The predicted octanol–water partition coefficient (Wildman–Crippen LogP) is 12.0. The Labute approximate surface area is 337 Å². The SMILES string of the molecule is CCCC/C=C/C=C/CCCCCC(=O)OC(COCCC(C(=O)O)[N+](C)(C)C)COC(=O)CCCCCCCCCCCC/C=C/C=C/CCCCCC. The molecule has 0 aliphatic carbocycles. The van der Waals surface area contributed by atoms with E-state index in [4.69, 9.17) is 14.2 Å². The third kappa shape index (κ3) is 36.7. The predicted molar refractivity (Wildman–Crippen MR) is 229 cm³/mol. The van der Waals surface area contributed by atoms with E-state index in [1.54, 1.807) is 0 Å². The highest BCUT2D eigenvalue weighted by atomic mass is 16.6. The van der Waals surface area contributed by atoms with Crippen molar-refractivity contribution in [3.05, 3.63) is 48.6 Å². The molecule has 8 heteroatoms. The number of esters is 2. The van der Waals surface area contributed by atoms with Crippen LogP contribution in [-0.4, -0.2) is 80.6 Å². The van der Waals surface area contributed by atoms with Crippen molar-refractivity contribution in [2.45, 2.75) is 193 Å². The van der Waals surface area contributed by atoms with Crippen LogP contribution in [0.2, 0.25) is 0 Å². The molecule has 318 valence electrons. The summed E-state index contributed by atoms with van der Waals surface area (Å²) >= 11 is 0. The first kappa shape index (κ1) is 52.3. The van der Waals surface area contributed by atoms with Crippen LogP contribution in [0.3, 0.4) is 0 Å². The van der Waals surface area contributed by atoms with Gasteiger partial charge < -0.3 is 23.8 Å². The van der Waals surface area contributed by atoms with E-state index in [0.717, 1.165) is 51.4 Å². The average molecular weight is 775 g/mol. The smallest absolute Gasteiger partial charge is 0.362 e. The van der Waals surface area contributed by atoms with Gasteiger partial charge in [-0.05, 0) is 57.8 Å². The molecule has 1 N–H and O–H groups in total. The van der Waals surface area contributed by atoms with Gasteiger partial charge in [-0.2, -0.15) is 0 Å². The molecule has 0 radical (unpaired) electrons. The first-order valence-corrected chi connectivity index (χ1v) is 22.2. The summed E-state index contributed by atoms with van der Waals surface area (Å²) < 4.78 is 17.2. The summed E-state index contributed by atoms with van der Waals surface area (Å²) in [5.74, 6) is -1.51. The molecule has 0 saturated heterocycles. The molecule has 0 amide bonds. The van der Waals surface area contributed by atoms with Crippen LogP contribution in [0.4, 0.5) is 0 Å². The number of rotatable bonds is 39. The summed E-state index contributed by atoms with van der Waals surface area (Å²) in [4.78, 5) is 36.9. The molecule has 0 aromatic heterocycles. The second-order valence-corrected chi connectivity index (χ2v) is 16.0. The lowest BCUT2D eigenvalue weighted by Gasteiger charge is -2.31. The molecule has 2 atom stereocenters. The molecule has 2 unspecified atom stereocenters. The maximum atomic E-state index is 12.7. The van der Waals surface area contributed by atoms with Crippen molar-refractivity contribution < 1.29 is 38.2 Å². The summed E-state index contributed by atoms with van der Waals surface area (Å²) in [5, 5.41) is 9.61. The fraction of sp³-hybridized carbons (Fsp3) is 0.766. The van der Waals surface area contributed by atoms with Crippen molar-refractivity contribution in [1.82, 2.24) is 0 Å². The number of ether oxygens (including phenoxy) is 3. The number of carboxylic acids is 1. The Balaban J connectivity index is 4.29. The van der Waals surface area contributed by atoms with Crippen LogP contribution < -0.4 is 0 Å². The van der Waals surface area contributed by atoms with Gasteiger partial charge in [-0.25, -0.2) is 4.79 Å². The van der Waals surface area contributed by atoms with Gasteiger partial charge in [0.25, 0.3) is 0 Å². The van der Waals surface area contributed by atoms with E-state index in [1.807, 2.05) is 21.1 Å². The van der Waals surface area contributed by atoms with Crippen molar-refractivity contribution in [3.63, 3.8) is 0 Å². The van der Waals surface area contributed by atoms with Crippen molar-refractivity contribution >= 4 is 17.9 Å². The Morgan fingerprint density at radius 3 is 1.44 bits per heavy atom. The number of quaternary nitrogens is 1. The van der Waals surface area contributed by atoms with Crippen molar-refractivity contribution in [3.8, 4) is 0 Å². The zero-order valence-electron chi connectivity index (χ0n) is 36.1. The van der Waals surface area contributed by atoms with Crippen molar-refractivity contribution in [2.24, 2.45) is 0 Å². The number of hydrogen-bond acceptors (Lipinski definition) is 6. The number of allylic oxidation sites excluding steroid dienone is 8. The summed E-state index contributed by atoms with van der Waals surface area (Å²) in [7, 11) is 5.51. The van der Waals surface area contributed by atoms with E-state index in [9.17, 15) is 19.5 Å². The number of likely N-dealkylation sites (N-methyl/N-ethyl adjacent to an activating group) is 1. The highest BCUT2D eigenvalue weighted by Crippen LogP contribution is 2.14. The van der Waals surface area contributed by atoms with Crippen LogP contribution in [0.25, 0.3) is 0 Å². The molecule has 0 rings (SSSR count). The van der Waals surface area contributed by atoms with E-state index >= 15 is 0 Å². The second kappa shape index (κ2) is 38.2. The molecule has 0 saturated carbocycles. The molecule has 0 heterocycles. The van der Waals surface area contributed by atoms with E-state index in [1.165, 1.54) is 96.3 Å². The summed E-state index contributed by atoms with van der Waals surface area (Å²) in [6, 6.07) is -0.620. The Morgan fingerprint density at radius 1 is 0.545 bits per heavy atom. The number of carbonyl (C=O) groups is 3. The Bertz CT molecular complexity index is 1040. The van der Waals surface area contributed by atoms with Gasteiger partial charge >= 0.3 is 17.9 Å². The van der Waals surface area contributed by atoms with Crippen LogP contribution in [0.5, 0.6) is 0 Å². The van der Waals surface area contributed by atoms with E-state index in [2.05, 4.69) is 62.5 Å². The molecule has 0 aromatic carbocycles. The molecular weight excluding hydrogens is 691 g/mol. The standard InChI is InChI=1S/C47H83NO7/c1-6-8-10-12-14-16-18-19-20-21-22-23-24-25-26-28-29-31-33-35-37-45(49)54-42-43(41-53-40-39-44(47(51)52)48(3,4)5)55-46(50)38-36-34-32-30-27-17-15-13-11-9-7-2/h13,15-20,27,43-44H,6-12,14,21-26,28-42H2,1-5H3/p+1/b15-13+,18-16+,20-19+,27-17+. The van der Waals surface area contributed by atoms with Gasteiger partial charge in [0.15, 0.2) is 12.1 Å². The van der Waals surface area contributed by atoms with Crippen LogP contribution in [-0.2, 0) is 28.6 Å². The minimum absolute atomic E-state index is 0.0486. The lowest BCUT2D eigenvalue weighted by atomic mass is 10.1. The van der Waals surface area contributed by atoms with Gasteiger partial charge in [0.1, 0.15) is 6.61 Å². The molecule has 0 fully saturated rings. The third-order valence-corrected chi connectivity index (χ3v) is 9.76. The van der Waals surface area contributed by atoms with Crippen LogP contribution >= 0.6 is 0 Å². The first-order valence-electron chi connectivity index (χ1n) is 22.2. The van der Waals surface area contributed by atoms with Gasteiger partial charge in [-0.1, -0.05) is 152 Å². The fourth-order valence-electron chi connectivity index (χ4n) is 6.24. The highest BCUT2D eigenvalue weighted by Gasteiger charge is 2.31. The minimum Gasteiger partial charge on any atom is -0.477 e. The highest BCUT2D eigenvalue weighted by molar-refractivity contribution is 5.72. The molecule has 0 aliphatic heterocycles. The molecule has 55 heavy (non-hydrogen) atoms. The van der Waals surface area contributed by atoms with Gasteiger partial charge in [-0.15, -0.1) is 0 Å². The van der Waals surface area contributed by atoms with Crippen LogP contribution in [0.15, 0.2) is 48.6 Å². The number of nitrogens with zero attached hydrogens (tertiary/aromatic N) is 1. The summed E-state index contributed by atoms with van der Waals surface area (Å²) in [6.07, 6.45) is 44.4. The maximum Gasteiger partial charge on any atom is 0.362 e. The minimum atomic E-state index is -0.881.